The normalized spacial score (nSPS) is 20.1. The Morgan fingerprint density at radius 2 is 2.36 bits per heavy atom. The summed E-state index contributed by atoms with van der Waals surface area (Å²) in [6.45, 7) is 2.56. The minimum Gasteiger partial charge on any atom is -0.493 e. The number of fused-ring (bicyclic) bond motifs is 1. The molecule has 1 unspecified atom stereocenters. The number of nitrogens with two attached hydrogens (primary N) is 1. The van der Waals surface area contributed by atoms with Crippen molar-refractivity contribution < 1.29 is 9.13 Å². The number of hydrogen-bond acceptors (Lipinski definition) is 2. The SMILES string of the molecule is CCc1c(F)ccc2c1C(N)CCO2. The van der Waals surface area contributed by atoms with Crippen molar-refractivity contribution in [2.75, 3.05) is 6.61 Å². The molecule has 1 heterocycles. The fraction of sp³-hybridized carbons (Fsp3) is 0.455. The van der Waals surface area contributed by atoms with Gasteiger partial charge >= 0.3 is 0 Å². The van der Waals surface area contributed by atoms with Crippen molar-refractivity contribution in [2.45, 2.75) is 25.8 Å². The summed E-state index contributed by atoms with van der Waals surface area (Å²) in [5.41, 5.74) is 7.51. The van der Waals surface area contributed by atoms with Gasteiger partial charge in [-0.2, -0.15) is 0 Å². The van der Waals surface area contributed by atoms with Gasteiger partial charge in [-0.15, -0.1) is 0 Å². The Morgan fingerprint density at radius 3 is 3.07 bits per heavy atom. The van der Waals surface area contributed by atoms with Gasteiger partial charge in [-0.25, -0.2) is 4.39 Å². The lowest BCUT2D eigenvalue weighted by Gasteiger charge is -2.25. The average Bonchev–Trinajstić information content (AvgIpc) is 2.19. The maximum absolute atomic E-state index is 13.4. The van der Waals surface area contributed by atoms with Gasteiger partial charge in [0.2, 0.25) is 0 Å². The summed E-state index contributed by atoms with van der Waals surface area (Å²) in [4.78, 5) is 0. The molecule has 0 spiro atoms. The first-order valence-corrected chi connectivity index (χ1v) is 4.93. The van der Waals surface area contributed by atoms with Crippen LogP contribution in [0.3, 0.4) is 0 Å². The summed E-state index contributed by atoms with van der Waals surface area (Å²) < 4.78 is 18.9. The Bertz CT molecular complexity index is 351. The van der Waals surface area contributed by atoms with Crippen LogP contribution in [0.2, 0.25) is 0 Å². The van der Waals surface area contributed by atoms with Gasteiger partial charge in [-0.3, -0.25) is 0 Å². The van der Waals surface area contributed by atoms with Gasteiger partial charge in [-0.1, -0.05) is 6.92 Å². The highest BCUT2D eigenvalue weighted by Gasteiger charge is 2.22. The zero-order valence-electron chi connectivity index (χ0n) is 8.22. The van der Waals surface area contributed by atoms with Crippen LogP contribution in [-0.4, -0.2) is 6.61 Å². The van der Waals surface area contributed by atoms with Crippen LogP contribution in [0.25, 0.3) is 0 Å². The van der Waals surface area contributed by atoms with Gasteiger partial charge in [0, 0.05) is 18.0 Å². The molecule has 1 aliphatic rings. The van der Waals surface area contributed by atoms with E-state index in [1.807, 2.05) is 6.92 Å². The van der Waals surface area contributed by atoms with E-state index >= 15 is 0 Å². The van der Waals surface area contributed by atoms with E-state index in [0.29, 0.717) is 18.6 Å². The maximum atomic E-state index is 13.4. The van der Waals surface area contributed by atoms with Gasteiger partial charge < -0.3 is 10.5 Å². The van der Waals surface area contributed by atoms with Crippen LogP contribution >= 0.6 is 0 Å². The fourth-order valence-electron chi connectivity index (χ4n) is 1.95. The summed E-state index contributed by atoms with van der Waals surface area (Å²) in [5, 5.41) is 0. The summed E-state index contributed by atoms with van der Waals surface area (Å²) in [7, 11) is 0. The minimum absolute atomic E-state index is 0.0793. The first-order valence-electron chi connectivity index (χ1n) is 4.93. The quantitative estimate of drug-likeness (QED) is 0.745. The maximum Gasteiger partial charge on any atom is 0.126 e. The minimum atomic E-state index is -0.174. The van der Waals surface area contributed by atoms with Crippen LogP contribution in [0.4, 0.5) is 4.39 Å². The molecular weight excluding hydrogens is 181 g/mol. The molecule has 2 N–H and O–H groups in total. The molecule has 0 saturated heterocycles. The van der Waals surface area contributed by atoms with E-state index in [9.17, 15) is 4.39 Å². The molecule has 0 bridgehead atoms. The summed E-state index contributed by atoms with van der Waals surface area (Å²) in [6, 6.07) is 3.04. The van der Waals surface area contributed by atoms with Gasteiger partial charge in [0.15, 0.2) is 0 Å². The third-order valence-electron chi connectivity index (χ3n) is 2.67. The summed E-state index contributed by atoms with van der Waals surface area (Å²) >= 11 is 0. The van der Waals surface area contributed by atoms with Crippen molar-refractivity contribution in [3.05, 3.63) is 29.1 Å². The van der Waals surface area contributed by atoms with E-state index in [2.05, 4.69) is 0 Å². The first-order chi connectivity index (χ1) is 6.74. The molecule has 1 aliphatic heterocycles. The average molecular weight is 195 g/mol. The van der Waals surface area contributed by atoms with Crippen molar-refractivity contribution in [2.24, 2.45) is 5.73 Å². The Morgan fingerprint density at radius 1 is 1.57 bits per heavy atom. The van der Waals surface area contributed by atoms with Crippen molar-refractivity contribution in [1.29, 1.82) is 0 Å². The Hall–Kier alpha value is -1.09. The molecular formula is C11H14FNO. The predicted molar refractivity (Wildman–Crippen MR) is 52.8 cm³/mol. The third-order valence-corrected chi connectivity index (χ3v) is 2.67. The van der Waals surface area contributed by atoms with E-state index in [0.717, 1.165) is 17.7 Å². The molecule has 1 aromatic carbocycles. The Balaban J connectivity index is 2.57. The van der Waals surface area contributed by atoms with Crippen LogP contribution in [0.5, 0.6) is 5.75 Å². The topological polar surface area (TPSA) is 35.2 Å². The molecule has 0 fully saturated rings. The molecule has 3 heteroatoms. The Labute approximate surface area is 82.9 Å². The zero-order chi connectivity index (χ0) is 10.1. The lowest BCUT2D eigenvalue weighted by molar-refractivity contribution is 0.267. The third kappa shape index (κ3) is 1.38. The van der Waals surface area contributed by atoms with E-state index in [4.69, 9.17) is 10.5 Å². The van der Waals surface area contributed by atoms with E-state index in [-0.39, 0.29) is 11.9 Å². The van der Waals surface area contributed by atoms with Gasteiger partial charge in [0.25, 0.3) is 0 Å². The van der Waals surface area contributed by atoms with E-state index in [1.54, 1.807) is 6.07 Å². The van der Waals surface area contributed by atoms with Gasteiger partial charge in [-0.05, 0) is 24.1 Å². The summed E-state index contributed by atoms with van der Waals surface area (Å²) in [6.07, 6.45) is 1.43. The van der Waals surface area contributed by atoms with Crippen molar-refractivity contribution in [1.82, 2.24) is 0 Å². The van der Waals surface area contributed by atoms with Gasteiger partial charge in [0.05, 0.1) is 6.61 Å². The molecule has 0 aromatic heterocycles. The van der Waals surface area contributed by atoms with Crippen molar-refractivity contribution in [3.63, 3.8) is 0 Å². The lowest BCUT2D eigenvalue weighted by atomic mass is 9.94. The molecule has 0 saturated carbocycles. The van der Waals surface area contributed by atoms with Crippen LogP contribution in [0.15, 0.2) is 12.1 Å². The number of ether oxygens (including phenoxy) is 1. The zero-order valence-corrected chi connectivity index (χ0v) is 8.22. The molecule has 0 radical (unpaired) electrons. The number of halogens is 1. The van der Waals surface area contributed by atoms with Gasteiger partial charge in [0.1, 0.15) is 11.6 Å². The second-order valence-electron chi connectivity index (χ2n) is 3.53. The van der Waals surface area contributed by atoms with Crippen LogP contribution < -0.4 is 10.5 Å². The molecule has 0 aliphatic carbocycles. The molecule has 1 aromatic rings. The molecule has 2 nitrogen and oxygen atoms in total. The van der Waals surface area contributed by atoms with Crippen LogP contribution in [-0.2, 0) is 6.42 Å². The lowest BCUT2D eigenvalue weighted by Crippen LogP contribution is -2.22. The molecule has 1 atom stereocenters. The summed E-state index contributed by atoms with van der Waals surface area (Å²) in [5.74, 6) is 0.578. The van der Waals surface area contributed by atoms with Crippen molar-refractivity contribution in [3.8, 4) is 5.75 Å². The standard InChI is InChI=1S/C11H14FNO/c1-2-7-8(12)3-4-10-11(7)9(13)5-6-14-10/h3-4,9H,2,5-6,13H2,1H3. The first kappa shape index (κ1) is 9.46. The molecule has 0 amide bonds. The second kappa shape index (κ2) is 3.58. The number of hydrogen-bond donors (Lipinski definition) is 1. The van der Waals surface area contributed by atoms with E-state index in [1.165, 1.54) is 6.07 Å². The molecule has 76 valence electrons. The monoisotopic (exact) mass is 195 g/mol. The number of rotatable bonds is 1. The number of benzene rings is 1. The molecule has 2 rings (SSSR count). The highest BCUT2D eigenvalue weighted by atomic mass is 19.1. The predicted octanol–water partition coefficient (Wildman–Crippen LogP) is 2.17. The van der Waals surface area contributed by atoms with Crippen LogP contribution in [0, 0.1) is 5.82 Å². The Kier molecular flexibility index (Phi) is 2.42. The fourth-order valence-corrected chi connectivity index (χ4v) is 1.95. The second-order valence-corrected chi connectivity index (χ2v) is 3.53. The van der Waals surface area contributed by atoms with Crippen LogP contribution in [0.1, 0.15) is 30.5 Å². The highest BCUT2D eigenvalue weighted by molar-refractivity contribution is 5.44. The smallest absolute Gasteiger partial charge is 0.126 e. The molecule has 14 heavy (non-hydrogen) atoms. The van der Waals surface area contributed by atoms with E-state index < -0.39 is 0 Å². The highest BCUT2D eigenvalue weighted by Crippen LogP contribution is 2.34. The van der Waals surface area contributed by atoms with Crippen molar-refractivity contribution >= 4 is 0 Å². The largest absolute Gasteiger partial charge is 0.493 e.